The fraction of sp³-hybridized carbons (Fsp3) is 0.125. The summed E-state index contributed by atoms with van der Waals surface area (Å²) in [6, 6.07) is 18.0. The molecule has 3 heteroatoms. The fourth-order valence-electron chi connectivity index (χ4n) is 1.84. The normalized spacial score (nSPS) is 9.63. The molecule has 0 radical (unpaired) electrons. The number of carboxylic acids is 1. The van der Waals surface area contributed by atoms with E-state index in [1.807, 2.05) is 72.8 Å². The molecule has 142 valence electrons. The first-order valence-corrected chi connectivity index (χ1v) is 8.52. The molecule has 0 atom stereocenters. The third kappa shape index (κ3) is 11.1. The van der Waals surface area contributed by atoms with Crippen LogP contribution in [0.25, 0.3) is 18.2 Å². The van der Waals surface area contributed by atoms with Crippen LogP contribution in [0, 0.1) is 0 Å². The summed E-state index contributed by atoms with van der Waals surface area (Å²) in [6.45, 7) is 12.5. The average Bonchev–Trinajstić information content (AvgIpc) is 2.73. The average molecular weight is 364 g/mol. The Morgan fingerprint density at radius 3 is 1.70 bits per heavy atom. The molecule has 2 aromatic carbocycles. The summed E-state index contributed by atoms with van der Waals surface area (Å²) >= 11 is 0. The molecule has 0 saturated carbocycles. The Morgan fingerprint density at radius 1 is 0.889 bits per heavy atom. The van der Waals surface area contributed by atoms with Crippen LogP contribution in [0.15, 0.2) is 86.0 Å². The standard InChI is InChI=1S/C10H10.C8H8.C6H10O3/c1-3-9-7-5-6-8-10(9)4-2;1-2-8-6-4-3-5-7-8;1-5(6(8)9)3-2-4-7/h3-8H,1-2H2;2-7H,1H2;3,7H,2,4H2,1H3,(H,8,9). The quantitative estimate of drug-likeness (QED) is 0.646. The minimum Gasteiger partial charge on any atom is -0.478 e. The van der Waals surface area contributed by atoms with Crippen molar-refractivity contribution in [3.63, 3.8) is 0 Å². The van der Waals surface area contributed by atoms with Crippen LogP contribution < -0.4 is 0 Å². The third-order valence-electron chi connectivity index (χ3n) is 3.39. The molecule has 0 aliphatic rings. The van der Waals surface area contributed by atoms with E-state index in [4.69, 9.17) is 10.2 Å². The highest BCUT2D eigenvalue weighted by Gasteiger charge is 1.96. The van der Waals surface area contributed by atoms with Gasteiger partial charge < -0.3 is 10.2 Å². The largest absolute Gasteiger partial charge is 0.478 e. The molecule has 2 rings (SSSR count). The Hall–Kier alpha value is -3.17. The number of aliphatic hydroxyl groups is 1. The van der Waals surface area contributed by atoms with Crippen molar-refractivity contribution < 1.29 is 15.0 Å². The van der Waals surface area contributed by atoms with E-state index in [0.717, 1.165) is 11.1 Å². The summed E-state index contributed by atoms with van der Waals surface area (Å²) in [5.41, 5.74) is 3.73. The molecule has 2 aromatic rings. The summed E-state index contributed by atoms with van der Waals surface area (Å²) in [7, 11) is 0. The molecular formula is C24H28O3. The number of aliphatic hydroxyl groups excluding tert-OH is 1. The topological polar surface area (TPSA) is 57.5 Å². The van der Waals surface area contributed by atoms with E-state index in [1.54, 1.807) is 0 Å². The molecule has 0 fully saturated rings. The minimum atomic E-state index is -0.927. The van der Waals surface area contributed by atoms with Crippen molar-refractivity contribution in [3.8, 4) is 0 Å². The SMILES string of the molecule is C=Cc1ccccc1.C=Cc1ccccc1C=C.CC(=CCCO)C(=O)O. The van der Waals surface area contributed by atoms with Crippen LogP contribution in [-0.4, -0.2) is 22.8 Å². The Morgan fingerprint density at radius 2 is 1.37 bits per heavy atom. The Kier molecular flexibility index (Phi) is 13.3. The molecule has 2 N–H and O–H groups in total. The van der Waals surface area contributed by atoms with Gasteiger partial charge in [-0.1, -0.05) is 98.6 Å². The van der Waals surface area contributed by atoms with Crippen LogP contribution in [0.2, 0.25) is 0 Å². The van der Waals surface area contributed by atoms with Crippen LogP contribution in [-0.2, 0) is 4.79 Å². The monoisotopic (exact) mass is 364 g/mol. The van der Waals surface area contributed by atoms with E-state index in [-0.39, 0.29) is 12.2 Å². The number of hydrogen-bond acceptors (Lipinski definition) is 2. The second kappa shape index (κ2) is 15.1. The Bertz CT molecular complexity index is 716. The molecule has 0 aromatic heterocycles. The molecular weight excluding hydrogens is 336 g/mol. The first kappa shape index (κ1) is 23.8. The van der Waals surface area contributed by atoms with E-state index in [9.17, 15) is 4.79 Å². The number of carbonyl (C=O) groups is 1. The van der Waals surface area contributed by atoms with Gasteiger partial charge >= 0.3 is 5.97 Å². The van der Waals surface area contributed by atoms with Crippen molar-refractivity contribution in [1.29, 1.82) is 0 Å². The summed E-state index contributed by atoms with van der Waals surface area (Å²) in [5, 5.41) is 16.5. The lowest BCUT2D eigenvalue weighted by Gasteiger charge is -1.96. The van der Waals surface area contributed by atoms with Crippen LogP contribution in [0.5, 0.6) is 0 Å². The maximum absolute atomic E-state index is 10.1. The van der Waals surface area contributed by atoms with E-state index < -0.39 is 5.97 Å². The van der Waals surface area contributed by atoms with Crippen molar-refractivity contribution in [2.24, 2.45) is 0 Å². The molecule has 0 unspecified atom stereocenters. The molecule has 27 heavy (non-hydrogen) atoms. The van der Waals surface area contributed by atoms with E-state index in [2.05, 4.69) is 19.7 Å². The van der Waals surface area contributed by atoms with Crippen molar-refractivity contribution in [1.82, 2.24) is 0 Å². The van der Waals surface area contributed by atoms with Gasteiger partial charge in [-0.05, 0) is 30.0 Å². The van der Waals surface area contributed by atoms with Gasteiger partial charge in [0.1, 0.15) is 0 Å². The van der Waals surface area contributed by atoms with E-state index in [0.29, 0.717) is 6.42 Å². The van der Waals surface area contributed by atoms with Crippen LogP contribution in [0.3, 0.4) is 0 Å². The van der Waals surface area contributed by atoms with Crippen LogP contribution >= 0.6 is 0 Å². The zero-order valence-electron chi connectivity index (χ0n) is 15.8. The van der Waals surface area contributed by atoms with Gasteiger partial charge in [0, 0.05) is 12.2 Å². The van der Waals surface area contributed by atoms with Gasteiger partial charge in [0.25, 0.3) is 0 Å². The highest BCUT2D eigenvalue weighted by atomic mass is 16.4. The molecule has 0 heterocycles. The van der Waals surface area contributed by atoms with Crippen molar-refractivity contribution >= 4 is 24.2 Å². The summed E-state index contributed by atoms with van der Waals surface area (Å²) in [6.07, 6.45) is 7.40. The number of rotatable bonds is 6. The van der Waals surface area contributed by atoms with Gasteiger partial charge in [-0.2, -0.15) is 0 Å². The Labute approximate surface area is 162 Å². The smallest absolute Gasteiger partial charge is 0.330 e. The predicted octanol–water partition coefficient (Wildman–Crippen LogP) is 5.70. The van der Waals surface area contributed by atoms with Crippen molar-refractivity contribution in [2.75, 3.05) is 6.61 Å². The maximum Gasteiger partial charge on any atom is 0.330 e. The van der Waals surface area contributed by atoms with Gasteiger partial charge in [0.05, 0.1) is 0 Å². The zero-order valence-corrected chi connectivity index (χ0v) is 15.8. The Balaban J connectivity index is 0.000000378. The lowest BCUT2D eigenvalue weighted by molar-refractivity contribution is -0.132. The second-order valence-corrected chi connectivity index (χ2v) is 5.36. The summed E-state index contributed by atoms with van der Waals surface area (Å²) in [5.74, 6) is -0.927. The molecule has 0 amide bonds. The first-order chi connectivity index (χ1) is 13.0. The second-order valence-electron chi connectivity index (χ2n) is 5.36. The number of carboxylic acid groups (broad SMARTS) is 1. The van der Waals surface area contributed by atoms with E-state index >= 15 is 0 Å². The fourth-order valence-corrected chi connectivity index (χ4v) is 1.84. The van der Waals surface area contributed by atoms with Crippen LogP contribution in [0.4, 0.5) is 0 Å². The molecule has 0 aliphatic heterocycles. The molecule has 0 saturated heterocycles. The van der Waals surface area contributed by atoms with Gasteiger partial charge in [0.15, 0.2) is 0 Å². The van der Waals surface area contributed by atoms with Gasteiger partial charge in [-0.15, -0.1) is 0 Å². The lowest BCUT2D eigenvalue weighted by atomic mass is 10.1. The molecule has 3 nitrogen and oxygen atoms in total. The highest BCUT2D eigenvalue weighted by molar-refractivity contribution is 5.85. The molecule has 0 bridgehead atoms. The van der Waals surface area contributed by atoms with Gasteiger partial charge in [-0.25, -0.2) is 4.79 Å². The van der Waals surface area contributed by atoms with E-state index in [1.165, 1.54) is 18.6 Å². The van der Waals surface area contributed by atoms with Crippen molar-refractivity contribution in [3.05, 3.63) is 103 Å². The highest BCUT2D eigenvalue weighted by Crippen LogP contribution is 2.10. The predicted molar refractivity (Wildman–Crippen MR) is 116 cm³/mol. The van der Waals surface area contributed by atoms with Gasteiger partial charge in [-0.3, -0.25) is 0 Å². The summed E-state index contributed by atoms with van der Waals surface area (Å²) < 4.78 is 0. The number of aliphatic carboxylic acids is 1. The minimum absolute atomic E-state index is 0.00458. The summed E-state index contributed by atoms with van der Waals surface area (Å²) in [4.78, 5) is 10.1. The third-order valence-corrected chi connectivity index (χ3v) is 3.39. The molecule has 0 aliphatic carbocycles. The van der Waals surface area contributed by atoms with Crippen molar-refractivity contribution in [2.45, 2.75) is 13.3 Å². The van der Waals surface area contributed by atoms with Gasteiger partial charge in [0.2, 0.25) is 0 Å². The number of benzene rings is 2. The first-order valence-electron chi connectivity index (χ1n) is 8.52. The van der Waals surface area contributed by atoms with Crippen LogP contribution in [0.1, 0.15) is 30.0 Å². The molecule has 0 spiro atoms. The zero-order chi connectivity index (χ0) is 20.5. The lowest BCUT2D eigenvalue weighted by Crippen LogP contribution is -1.95. The maximum atomic E-state index is 10.1. The number of hydrogen-bond donors (Lipinski definition) is 2.